The van der Waals surface area contributed by atoms with Crippen LogP contribution >= 0.6 is 11.6 Å². The molecule has 0 saturated heterocycles. The molecule has 1 amide bonds. The first-order valence-corrected chi connectivity index (χ1v) is 11.2. The fraction of sp³-hybridized carbons (Fsp3) is 0.238. The van der Waals surface area contributed by atoms with Crippen LogP contribution in [-0.2, 0) is 14.8 Å². The lowest BCUT2D eigenvalue weighted by Gasteiger charge is -2.16. The molecule has 0 aliphatic rings. The molecule has 0 bridgehead atoms. The van der Waals surface area contributed by atoms with E-state index in [1.165, 1.54) is 12.1 Å². The molecule has 0 aliphatic heterocycles. The van der Waals surface area contributed by atoms with Crippen molar-refractivity contribution >= 4 is 38.9 Å². The van der Waals surface area contributed by atoms with Gasteiger partial charge >= 0.3 is 0 Å². The number of anilines is 2. The Kier molecular flexibility index (Phi) is 6.19. The van der Waals surface area contributed by atoms with Crippen molar-refractivity contribution in [2.24, 2.45) is 0 Å². The van der Waals surface area contributed by atoms with Gasteiger partial charge in [0.1, 0.15) is 6.04 Å². The summed E-state index contributed by atoms with van der Waals surface area (Å²) < 4.78 is 29.3. The van der Waals surface area contributed by atoms with E-state index in [1.807, 2.05) is 32.9 Å². The molecule has 3 rings (SSSR count). The van der Waals surface area contributed by atoms with Crippen LogP contribution in [0.25, 0.3) is 0 Å². The van der Waals surface area contributed by atoms with Crippen LogP contribution in [0.5, 0.6) is 0 Å². The van der Waals surface area contributed by atoms with E-state index in [0.29, 0.717) is 11.4 Å². The molecule has 0 aliphatic carbocycles. The quantitative estimate of drug-likeness (QED) is 0.584. The van der Waals surface area contributed by atoms with E-state index in [2.05, 4.69) is 15.1 Å². The average molecular weight is 447 g/mol. The van der Waals surface area contributed by atoms with E-state index in [9.17, 15) is 13.2 Å². The number of aromatic nitrogens is 2. The molecule has 1 aromatic heterocycles. The molecular formula is C21H23ClN4O3S. The molecule has 0 spiro atoms. The van der Waals surface area contributed by atoms with Gasteiger partial charge in [-0.1, -0.05) is 23.7 Å². The van der Waals surface area contributed by atoms with Crippen LogP contribution in [0.4, 0.5) is 11.4 Å². The normalized spacial score (nSPS) is 12.4. The Bertz CT molecular complexity index is 1200. The van der Waals surface area contributed by atoms with Crippen molar-refractivity contribution in [2.75, 3.05) is 10.0 Å². The maximum Gasteiger partial charge on any atom is 0.261 e. The molecule has 30 heavy (non-hydrogen) atoms. The number of nitrogens with one attached hydrogen (secondary N) is 2. The number of amides is 1. The molecule has 0 fully saturated rings. The second-order valence-corrected chi connectivity index (χ2v) is 9.24. The van der Waals surface area contributed by atoms with Gasteiger partial charge in [0, 0.05) is 5.69 Å². The highest BCUT2D eigenvalue weighted by Crippen LogP contribution is 2.28. The lowest BCUT2D eigenvalue weighted by atomic mass is 10.2. The molecule has 1 atom stereocenters. The zero-order valence-corrected chi connectivity index (χ0v) is 18.7. The van der Waals surface area contributed by atoms with Crippen molar-refractivity contribution in [1.29, 1.82) is 0 Å². The number of hydrogen-bond acceptors (Lipinski definition) is 4. The van der Waals surface area contributed by atoms with Crippen molar-refractivity contribution in [1.82, 2.24) is 9.78 Å². The predicted molar refractivity (Wildman–Crippen MR) is 118 cm³/mol. The molecule has 1 heterocycles. The van der Waals surface area contributed by atoms with Gasteiger partial charge in [-0.25, -0.2) is 8.42 Å². The lowest BCUT2D eigenvalue weighted by molar-refractivity contribution is -0.119. The highest BCUT2D eigenvalue weighted by molar-refractivity contribution is 7.92. The van der Waals surface area contributed by atoms with Crippen molar-refractivity contribution in [2.45, 2.75) is 38.6 Å². The largest absolute Gasteiger partial charge is 0.323 e. The summed E-state index contributed by atoms with van der Waals surface area (Å²) in [5.74, 6) is -0.281. The van der Waals surface area contributed by atoms with Gasteiger partial charge in [-0.3, -0.25) is 14.2 Å². The van der Waals surface area contributed by atoms with Crippen molar-refractivity contribution in [3.05, 3.63) is 70.5 Å². The molecule has 3 aromatic rings. The molecule has 0 saturated carbocycles. The topological polar surface area (TPSA) is 93.1 Å². The van der Waals surface area contributed by atoms with Gasteiger partial charge in [0.2, 0.25) is 5.91 Å². The minimum absolute atomic E-state index is 0.162. The van der Waals surface area contributed by atoms with Crippen molar-refractivity contribution < 1.29 is 13.2 Å². The number of hydrogen-bond donors (Lipinski definition) is 2. The van der Waals surface area contributed by atoms with Crippen LogP contribution in [0.15, 0.2) is 53.4 Å². The minimum Gasteiger partial charge on any atom is -0.323 e. The highest BCUT2D eigenvalue weighted by atomic mass is 35.5. The zero-order valence-electron chi connectivity index (χ0n) is 17.1. The molecule has 2 aromatic carbocycles. The molecular weight excluding hydrogens is 424 g/mol. The molecule has 158 valence electrons. The fourth-order valence-corrected chi connectivity index (χ4v) is 4.44. The Morgan fingerprint density at radius 2 is 1.83 bits per heavy atom. The summed E-state index contributed by atoms with van der Waals surface area (Å²) in [6.45, 7) is 7.31. The molecule has 2 N–H and O–H groups in total. The van der Waals surface area contributed by atoms with E-state index < -0.39 is 16.1 Å². The van der Waals surface area contributed by atoms with Gasteiger partial charge in [0.15, 0.2) is 0 Å². The smallest absolute Gasteiger partial charge is 0.261 e. The van der Waals surface area contributed by atoms with Crippen LogP contribution in [0.3, 0.4) is 0 Å². The molecule has 9 heteroatoms. The van der Waals surface area contributed by atoms with E-state index in [-0.39, 0.29) is 15.8 Å². The average Bonchev–Trinajstić information content (AvgIpc) is 3.01. The fourth-order valence-electron chi connectivity index (χ4n) is 3.06. The Labute approximate surface area is 181 Å². The summed E-state index contributed by atoms with van der Waals surface area (Å²) >= 11 is 6.29. The Hall–Kier alpha value is -2.84. The number of nitrogens with zero attached hydrogens (tertiary/aromatic N) is 2. The summed E-state index contributed by atoms with van der Waals surface area (Å²) in [4.78, 5) is 12.8. The SMILES string of the molecule is Cc1cccc(S(=O)(=O)Nc2ccc(NC(=O)C(C)n3nc(C)cc3C)c(Cl)c2)c1. The van der Waals surface area contributed by atoms with E-state index in [4.69, 9.17) is 11.6 Å². The van der Waals surface area contributed by atoms with E-state index >= 15 is 0 Å². The van der Waals surface area contributed by atoms with Gasteiger partial charge in [-0.2, -0.15) is 5.10 Å². The Morgan fingerprint density at radius 1 is 1.10 bits per heavy atom. The summed E-state index contributed by atoms with van der Waals surface area (Å²) in [7, 11) is -3.75. The second-order valence-electron chi connectivity index (χ2n) is 7.15. The monoisotopic (exact) mass is 446 g/mol. The second kappa shape index (κ2) is 8.49. The van der Waals surface area contributed by atoms with Crippen LogP contribution in [0.2, 0.25) is 5.02 Å². The summed E-state index contributed by atoms with van der Waals surface area (Å²) in [5, 5.41) is 7.31. The van der Waals surface area contributed by atoms with Gasteiger partial charge in [-0.15, -0.1) is 0 Å². The Balaban J connectivity index is 1.75. The minimum atomic E-state index is -3.75. The first-order valence-electron chi connectivity index (χ1n) is 9.29. The van der Waals surface area contributed by atoms with E-state index in [0.717, 1.165) is 17.0 Å². The lowest BCUT2D eigenvalue weighted by Crippen LogP contribution is -2.25. The van der Waals surface area contributed by atoms with Crippen LogP contribution in [0, 0.1) is 20.8 Å². The zero-order chi connectivity index (χ0) is 22.1. The summed E-state index contributed by atoms with van der Waals surface area (Å²) in [6, 6.07) is 12.5. The Morgan fingerprint density at radius 3 is 2.43 bits per heavy atom. The predicted octanol–water partition coefficient (Wildman–Crippen LogP) is 4.46. The van der Waals surface area contributed by atoms with Gasteiger partial charge in [-0.05, 0) is 69.7 Å². The third-order valence-electron chi connectivity index (χ3n) is 4.57. The molecule has 1 unspecified atom stereocenters. The maximum atomic E-state index is 12.6. The van der Waals surface area contributed by atoms with Gasteiger partial charge < -0.3 is 5.32 Å². The standard InChI is InChI=1S/C21H23ClN4O3S/c1-13-6-5-7-18(10-13)30(28,29)25-17-8-9-20(19(22)12-17)23-21(27)16(4)26-15(3)11-14(2)24-26/h5-12,16,25H,1-4H3,(H,23,27). The van der Waals surface area contributed by atoms with Gasteiger partial charge in [0.05, 0.1) is 27.0 Å². The number of halogens is 1. The first-order chi connectivity index (χ1) is 14.1. The number of benzene rings is 2. The number of sulfonamides is 1. The van der Waals surface area contributed by atoms with E-state index in [1.54, 1.807) is 35.9 Å². The highest BCUT2D eigenvalue weighted by Gasteiger charge is 2.20. The summed E-state index contributed by atoms with van der Waals surface area (Å²) in [6.07, 6.45) is 0. The number of aryl methyl sites for hydroxylation is 3. The molecule has 0 radical (unpaired) electrons. The van der Waals surface area contributed by atoms with Crippen LogP contribution in [0.1, 0.15) is 29.9 Å². The summed E-state index contributed by atoms with van der Waals surface area (Å²) in [5.41, 5.74) is 3.22. The third-order valence-corrected chi connectivity index (χ3v) is 6.26. The number of carbonyl (C=O) groups excluding carboxylic acids is 1. The molecule has 7 nitrogen and oxygen atoms in total. The van der Waals surface area contributed by atoms with Crippen molar-refractivity contribution in [3.8, 4) is 0 Å². The first kappa shape index (κ1) is 21.9. The van der Waals surface area contributed by atoms with Crippen LogP contribution < -0.4 is 10.0 Å². The van der Waals surface area contributed by atoms with Crippen LogP contribution in [-0.4, -0.2) is 24.1 Å². The maximum absolute atomic E-state index is 12.6. The van der Waals surface area contributed by atoms with Gasteiger partial charge in [0.25, 0.3) is 10.0 Å². The van der Waals surface area contributed by atoms with Crippen molar-refractivity contribution in [3.63, 3.8) is 0 Å². The number of carbonyl (C=O) groups is 1. The number of rotatable bonds is 6. The third kappa shape index (κ3) is 4.83.